The minimum Gasteiger partial charge on any atom is -0.349 e. The molecule has 0 radical (unpaired) electrons. The van der Waals surface area contributed by atoms with Gasteiger partial charge in [-0.25, -0.2) is 0 Å². The Bertz CT molecular complexity index is 472. The fourth-order valence-corrected chi connectivity index (χ4v) is 1.61. The SMILES string of the molecule is CN1C=CC=CC1=C(N=O)c1ccccc1. The van der Waals surface area contributed by atoms with Crippen molar-refractivity contribution < 1.29 is 0 Å². The molecule has 3 nitrogen and oxygen atoms in total. The van der Waals surface area contributed by atoms with Crippen molar-refractivity contribution in [1.29, 1.82) is 0 Å². The van der Waals surface area contributed by atoms with Crippen LogP contribution in [-0.2, 0) is 0 Å². The van der Waals surface area contributed by atoms with Gasteiger partial charge in [-0.05, 0) is 17.3 Å². The molecule has 1 aliphatic rings. The number of likely N-dealkylation sites (N-methyl/N-ethyl adjacent to an activating group) is 1. The quantitative estimate of drug-likeness (QED) is 0.705. The van der Waals surface area contributed by atoms with E-state index in [0.29, 0.717) is 5.70 Å². The molecule has 0 spiro atoms. The van der Waals surface area contributed by atoms with E-state index in [4.69, 9.17) is 0 Å². The summed E-state index contributed by atoms with van der Waals surface area (Å²) >= 11 is 0. The molecule has 2 rings (SSSR count). The van der Waals surface area contributed by atoms with Crippen LogP contribution in [0.4, 0.5) is 0 Å². The van der Waals surface area contributed by atoms with Gasteiger partial charge in [0.2, 0.25) is 0 Å². The largest absolute Gasteiger partial charge is 0.349 e. The first-order chi connectivity index (χ1) is 7.83. The summed E-state index contributed by atoms with van der Waals surface area (Å²) in [5, 5.41) is 3.14. The van der Waals surface area contributed by atoms with Gasteiger partial charge in [0.1, 0.15) is 5.70 Å². The van der Waals surface area contributed by atoms with E-state index in [9.17, 15) is 4.91 Å². The van der Waals surface area contributed by atoms with Gasteiger partial charge in [-0.1, -0.05) is 36.4 Å². The maximum absolute atomic E-state index is 11.0. The molecule has 0 saturated heterocycles. The van der Waals surface area contributed by atoms with Crippen LogP contribution < -0.4 is 0 Å². The van der Waals surface area contributed by atoms with Crippen molar-refractivity contribution in [2.24, 2.45) is 5.18 Å². The van der Waals surface area contributed by atoms with E-state index in [1.807, 2.05) is 66.7 Å². The average molecular weight is 212 g/mol. The molecule has 80 valence electrons. The molecule has 3 heteroatoms. The minimum atomic E-state index is 0.462. The van der Waals surface area contributed by atoms with Crippen molar-refractivity contribution in [1.82, 2.24) is 4.90 Å². The lowest BCUT2D eigenvalue weighted by molar-refractivity contribution is 0.585. The lowest BCUT2D eigenvalue weighted by atomic mass is 10.1. The Hall–Kier alpha value is -2.16. The fourth-order valence-electron chi connectivity index (χ4n) is 1.61. The lowest BCUT2D eigenvalue weighted by Gasteiger charge is -2.19. The summed E-state index contributed by atoms with van der Waals surface area (Å²) in [7, 11) is 1.89. The van der Waals surface area contributed by atoms with E-state index in [1.165, 1.54) is 0 Å². The van der Waals surface area contributed by atoms with Crippen LogP contribution in [0.25, 0.3) is 5.70 Å². The third-order valence-electron chi connectivity index (χ3n) is 2.44. The van der Waals surface area contributed by atoms with Gasteiger partial charge < -0.3 is 4.90 Å². The molecule has 0 amide bonds. The second-order valence-corrected chi connectivity index (χ2v) is 3.50. The van der Waals surface area contributed by atoms with Gasteiger partial charge in [0.05, 0.1) is 5.70 Å². The zero-order valence-electron chi connectivity index (χ0n) is 9.00. The number of nitrogens with zero attached hydrogens (tertiary/aromatic N) is 2. The van der Waals surface area contributed by atoms with Gasteiger partial charge in [-0.2, -0.15) is 0 Å². The van der Waals surface area contributed by atoms with Crippen LogP contribution in [0.15, 0.2) is 65.6 Å². The van der Waals surface area contributed by atoms with E-state index < -0.39 is 0 Å². The highest BCUT2D eigenvalue weighted by molar-refractivity contribution is 5.70. The van der Waals surface area contributed by atoms with Crippen molar-refractivity contribution in [3.8, 4) is 0 Å². The Morgan fingerprint density at radius 2 is 1.94 bits per heavy atom. The van der Waals surface area contributed by atoms with Gasteiger partial charge in [-0.15, -0.1) is 4.91 Å². The second kappa shape index (κ2) is 4.57. The molecule has 0 bridgehead atoms. The molecule has 1 aromatic carbocycles. The molecular weight excluding hydrogens is 200 g/mol. The predicted octanol–water partition coefficient (Wildman–Crippen LogP) is 3.14. The molecule has 0 aromatic heterocycles. The second-order valence-electron chi connectivity index (χ2n) is 3.50. The zero-order chi connectivity index (χ0) is 11.4. The summed E-state index contributed by atoms with van der Waals surface area (Å²) in [6.07, 6.45) is 7.58. The topological polar surface area (TPSA) is 32.7 Å². The monoisotopic (exact) mass is 212 g/mol. The summed E-state index contributed by atoms with van der Waals surface area (Å²) in [6, 6.07) is 9.46. The van der Waals surface area contributed by atoms with Crippen molar-refractivity contribution in [3.05, 3.63) is 70.9 Å². The molecule has 0 atom stereocenters. The predicted molar refractivity (Wildman–Crippen MR) is 65.2 cm³/mol. The molecule has 0 fully saturated rings. The standard InChI is InChI=1S/C13H12N2O/c1-15-10-6-5-9-12(15)13(14-16)11-7-3-2-4-8-11/h2-10H,1H3. The van der Waals surface area contributed by atoms with E-state index in [2.05, 4.69) is 5.18 Å². The highest BCUT2D eigenvalue weighted by atomic mass is 16.3. The van der Waals surface area contributed by atoms with Crippen LogP contribution in [0.3, 0.4) is 0 Å². The average Bonchev–Trinajstić information content (AvgIpc) is 2.34. The van der Waals surface area contributed by atoms with Crippen LogP contribution in [-0.4, -0.2) is 11.9 Å². The van der Waals surface area contributed by atoms with Crippen molar-refractivity contribution in [2.45, 2.75) is 0 Å². The Morgan fingerprint density at radius 3 is 2.56 bits per heavy atom. The molecular formula is C13H12N2O. The van der Waals surface area contributed by atoms with Crippen molar-refractivity contribution in [2.75, 3.05) is 7.05 Å². The van der Waals surface area contributed by atoms with E-state index >= 15 is 0 Å². The Morgan fingerprint density at radius 1 is 1.19 bits per heavy atom. The third-order valence-corrected chi connectivity index (χ3v) is 2.44. The molecule has 1 heterocycles. The van der Waals surface area contributed by atoms with Crippen molar-refractivity contribution >= 4 is 5.70 Å². The first-order valence-corrected chi connectivity index (χ1v) is 5.03. The molecule has 1 aliphatic heterocycles. The van der Waals surface area contributed by atoms with Crippen LogP contribution in [0, 0.1) is 4.91 Å². The number of nitroso groups, excluding NO2 is 1. The summed E-state index contributed by atoms with van der Waals surface area (Å²) in [5.74, 6) is 0. The van der Waals surface area contributed by atoms with E-state index in [0.717, 1.165) is 11.3 Å². The minimum absolute atomic E-state index is 0.462. The number of hydrogen-bond acceptors (Lipinski definition) is 3. The molecule has 0 aliphatic carbocycles. The molecule has 0 unspecified atom stereocenters. The van der Waals surface area contributed by atoms with Crippen LogP contribution in [0.2, 0.25) is 0 Å². The number of allylic oxidation sites excluding steroid dienone is 3. The normalized spacial score (nSPS) is 17.4. The van der Waals surface area contributed by atoms with Gasteiger partial charge >= 0.3 is 0 Å². The first kappa shape index (κ1) is 10.4. The number of benzene rings is 1. The van der Waals surface area contributed by atoms with E-state index in [-0.39, 0.29) is 0 Å². The summed E-state index contributed by atoms with van der Waals surface area (Å²) < 4.78 is 0. The lowest BCUT2D eigenvalue weighted by Crippen LogP contribution is -2.12. The van der Waals surface area contributed by atoms with Crippen molar-refractivity contribution in [3.63, 3.8) is 0 Å². The van der Waals surface area contributed by atoms with Crippen LogP contribution >= 0.6 is 0 Å². The van der Waals surface area contributed by atoms with Crippen LogP contribution in [0.1, 0.15) is 5.56 Å². The Kier molecular flexibility index (Phi) is 2.96. The molecule has 0 N–H and O–H groups in total. The Balaban J connectivity index is 2.50. The third kappa shape index (κ3) is 1.93. The highest BCUT2D eigenvalue weighted by Gasteiger charge is 2.11. The number of rotatable bonds is 2. The molecule has 1 aromatic rings. The molecule has 0 saturated carbocycles. The maximum atomic E-state index is 11.0. The highest BCUT2D eigenvalue weighted by Crippen LogP contribution is 2.24. The summed E-state index contributed by atoms with van der Waals surface area (Å²) in [6.45, 7) is 0. The zero-order valence-corrected chi connectivity index (χ0v) is 9.00. The van der Waals surface area contributed by atoms with Gasteiger partial charge in [0, 0.05) is 18.8 Å². The summed E-state index contributed by atoms with van der Waals surface area (Å²) in [5.41, 5.74) is 2.10. The fraction of sp³-hybridized carbons (Fsp3) is 0.0769. The van der Waals surface area contributed by atoms with Gasteiger partial charge in [0.15, 0.2) is 0 Å². The van der Waals surface area contributed by atoms with Gasteiger partial charge in [0.25, 0.3) is 0 Å². The maximum Gasteiger partial charge on any atom is 0.138 e. The Labute approximate surface area is 94.4 Å². The van der Waals surface area contributed by atoms with Gasteiger partial charge in [-0.3, -0.25) is 0 Å². The molecule has 16 heavy (non-hydrogen) atoms. The smallest absolute Gasteiger partial charge is 0.138 e. The number of hydrogen-bond donors (Lipinski definition) is 0. The first-order valence-electron chi connectivity index (χ1n) is 5.03. The van der Waals surface area contributed by atoms with Crippen LogP contribution in [0.5, 0.6) is 0 Å². The summed E-state index contributed by atoms with van der Waals surface area (Å²) in [4.78, 5) is 12.8. The van der Waals surface area contributed by atoms with E-state index in [1.54, 1.807) is 0 Å².